The fraction of sp³-hybridized carbons (Fsp3) is 0.286. The van der Waals surface area contributed by atoms with Crippen molar-refractivity contribution in [2.75, 3.05) is 5.75 Å². The van der Waals surface area contributed by atoms with Crippen LogP contribution in [-0.2, 0) is 6.54 Å². The molecule has 0 bridgehead atoms. The molecule has 0 radical (unpaired) electrons. The molecule has 0 fully saturated rings. The van der Waals surface area contributed by atoms with Crippen LogP contribution in [0.25, 0.3) is 11.3 Å². The Kier molecular flexibility index (Phi) is 4.66. The van der Waals surface area contributed by atoms with Crippen LogP contribution in [0.5, 0.6) is 0 Å². The minimum atomic E-state index is -0.0911. The van der Waals surface area contributed by atoms with Gasteiger partial charge < -0.3 is 0 Å². The van der Waals surface area contributed by atoms with Crippen molar-refractivity contribution in [2.45, 2.75) is 25.3 Å². The molecule has 0 aromatic carbocycles. The van der Waals surface area contributed by atoms with Gasteiger partial charge in [-0.1, -0.05) is 18.5 Å². The van der Waals surface area contributed by atoms with Crippen molar-refractivity contribution in [1.82, 2.24) is 9.55 Å². The second-order valence-electron chi connectivity index (χ2n) is 3.90. The summed E-state index contributed by atoms with van der Waals surface area (Å²) in [6, 6.07) is 7.37. The highest BCUT2D eigenvalue weighted by Crippen LogP contribution is 2.27. The van der Waals surface area contributed by atoms with E-state index in [0.717, 1.165) is 16.3 Å². The zero-order chi connectivity index (χ0) is 13.8. The summed E-state index contributed by atoms with van der Waals surface area (Å²) in [4.78, 5) is 17.8. The molecule has 0 aliphatic heterocycles. The van der Waals surface area contributed by atoms with Crippen molar-refractivity contribution < 1.29 is 0 Å². The number of halogens is 1. The summed E-state index contributed by atoms with van der Waals surface area (Å²) < 4.78 is 1.55. The Labute approximate surface area is 121 Å². The molecule has 2 heterocycles. The van der Waals surface area contributed by atoms with E-state index in [4.69, 9.17) is 11.6 Å². The molecule has 0 atom stereocenters. The second-order valence-corrected chi connectivity index (χ2v) is 5.60. The van der Waals surface area contributed by atoms with E-state index in [1.807, 2.05) is 19.1 Å². The van der Waals surface area contributed by atoms with Gasteiger partial charge in [0.2, 0.25) is 0 Å². The SMILES string of the molecule is CCSc1cccnc1-c1ccc(Cl)n(CC)c1=O. The van der Waals surface area contributed by atoms with Gasteiger partial charge in [0.25, 0.3) is 5.56 Å². The highest BCUT2D eigenvalue weighted by atomic mass is 35.5. The largest absolute Gasteiger partial charge is 0.299 e. The van der Waals surface area contributed by atoms with Gasteiger partial charge in [-0.25, -0.2) is 0 Å². The maximum Gasteiger partial charge on any atom is 0.261 e. The Morgan fingerprint density at radius 3 is 2.79 bits per heavy atom. The van der Waals surface area contributed by atoms with E-state index in [-0.39, 0.29) is 5.56 Å². The summed E-state index contributed by atoms with van der Waals surface area (Å²) in [5.74, 6) is 0.939. The van der Waals surface area contributed by atoms with Crippen molar-refractivity contribution in [3.05, 3.63) is 46.0 Å². The summed E-state index contributed by atoms with van der Waals surface area (Å²) in [5.41, 5.74) is 1.24. The lowest BCUT2D eigenvalue weighted by Gasteiger charge is -2.10. The summed E-state index contributed by atoms with van der Waals surface area (Å²) >= 11 is 7.71. The first-order chi connectivity index (χ1) is 9.19. The minimum Gasteiger partial charge on any atom is -0.299 e. The highest BCUT2D eigenvalue weighted by Gasteiger charge is 2.13. The normalized spacial score (nSPS) is 10.7. The lowest BCUT2D eigenvalue weighted by atomic mass is 10.2. The maximum absolute atomic E-state index is 12.4. The Morgan fingerprint density at radius 2 is 2.11 bits per heavy atom. The number of hydrogen-bond acceptors (Lipinski definition) is 3. The monoisotopic (exact) mass is 294 g/mol. The van der Waals surface area contributed by atoms with Gasteiger partial charge in [0.1, 0.15) is 5.15 Å². The van der Waals surface area contributed by atoms with Crippen LogP contribution in [0.2, 0.25) is 5.15 Å². The molecule has 2 rings (SSSR count). The summed E-state index contributed by atoms with van der Waals surface area (Å²) in [6.45, 7) is 4.53. The van der Waals surface area contributed by atoms with Crippen molar-refractivity contribution >= 4 is 23.4 Å². The van der Waals surface area contributed by atoms with E-state index >= 15 is 0 Å². The van der Waals surface area contributed by atoms with E-state index in [2.05, 4.69) is 11.9 Å². The Hall–Kier alpha value is -1.26. The molecule has 0 saturated heterocycles. The summed E-state index contributed by atoms with van der Waals surface area (Å²) in [5, 5.41) is 0.455. The standard InChI is InChI=1S/C14H15ClN2OS/c1-3-17-12(15)8-7-10(14(17)18)13-11(19-4-2)6-5-9-16-13/h5-9H,3-4H2,1-2H3. The fourth-order valence-electron chi connectivity index (χ4n) is 1.90. The molecule has 2 aromatic rings. The van der Waals surface area contributed by atoms with Gasteiger partial charge in [0.05, 0.1) is 11.3 Å². The van der Waals surface area contributed by atoms with Crippen LogP contribution in [0.15, 0.2) is 40.2 Å². The van der Waals surface area contributed by atoms with Crippen LogP contribution >= 0.6 is 23.4 Å². The molecule has 0 aliphatic carbocycles. The van der Waals surface area contributed by atoms with Crippen molar-refractivity contribution in [3.8, 4) is 11.3 Å². The molecular formula is C14H15ClN2OS. The van der Waals surface area contributed by atoms with Crippen molar-refractivity contribution in [1.29, 1.82) is 0 Å². The number of pyridine rings is 2. The maximum atomic E-state index is 12.4. The van der Waals surface area contributed by atoms with Gasteiger partial charge in [-0.2, -0.15) is 0 Å². The molecule has 100 valence electrons. The van der Waals surface area contributed by atoms with Gasteiger partial charge in [-0.3, -0.25) is 14.3 Å². The van der Waals surface area contributed by atoms with Gasteiger partial charge in [0, 0.05) is 17.6 Å². The molecule has 0 aliphatic rings. The summed E-state index contributed by atoms with van der Waals surface area (Å²) in [7, 11) is 0. The zero-order valence-corrected chi connectivity index (χ0v) is 12.5. The third-order valence-corrected chi connectivity index (χ3v) is 4.02. The molecule has 0 spiro atoms. The molecule has 0 unspecified atom stereocenters. The van der Waals surface area contributed by atoms with Crippen LogP contribution in [0, 0.1) is 0 Å². The highest BCUT2D eigenvalue weighted by molar-refractivity contribution is 7.99. The molecule has 3 nitrogen and oxygen atoms in total. The minimum absolute atomic E-state index is 0.0911. The zero-order valence-electron chi connectivity index (χ0n) is 10.9. The first-order valence-electron chi connectivity index (χ1n) is 6.16. The van der Waals surface area contributed by atoms with Crippen LogP contribution < -0.4 is 5.56 Å². The van der Waals surface area contributed by atoms with Gasteiger partial charge in [-0.05, 0) is 36.9 Å². The molecule has 19 heavy (non-hydrogen) atoms. The fourth-order valence-corrected chi connectivity index (χ4v) is 2.94. The molecule has 0 N–H and O–H groups in total. The van der Waals surface area contributed by atoms with Gasteiger partial charge in [0.15, 0.2) is 0 Å². The molecule has 5 heteroatoms. The third-order valence-electron chi connectivity index (χ3n) is 2.76. The lowest BCUT2D eigenvalue weighted by molar-refractivity contribution is 0.729. The predicted octanol–water partition coefficient (Wildman–Crippen LogP) is 3.70. The average Bonchev–Trinajstić information content (AvgIpc) is 2.41. The number of nitrogens with zero attached hydrogens (tertiary/aromatic N) is 2. The van der Waals surface area contributed by atoms with E-state index in [9.17, 15) is 4.79 Å². The Morgan fingerprint density at radius 1 is 1.32 bits per heavy atom. The van der Waals surface area contributed by atoms with E-state index in [0.29, 0.717) is 17.3 Å². The van der Waals surface area contributed by atoms with Crippen molar-refractivity contribution in [2.24, 2.45) is 0 Å². The Bertz CT molecular complexity index is 640. The van der Waals surface area contributed by atoms with Crippen LogP contribution in [0.1, 0.15) is 13.8 Å². The molecule has 2 aromatic heterocycles. The van der Waals surface area contributed by atoms with Crippen LogP contribution in [0.4, 0.5) is 0 Å². The first kappa shape index (κ1) is 14.2. The predicted molar refractivity (Wildman–Crippen MR) is 81.0 cm³/mol. The molecule has 0 amide bonds. The van der Waals surface area contributed by atoms with E-state index in [1.54, 1.807) is 34.7 Å². The summed E-state index contributed by atoms with van der Waals surface area (Å²) in [6.07, 6.45) is 1.71. The smallest absolute Gasteiger partial charge is 0.261 e. The molecule has 0 saturated carbocycles. The van der Waals surface area contributed by atoms with E-state index < -0.39 is 0 Å². The number of aromatic nitrogens is 2. The second kappa shape index (κ2) is 6.26. The quantitative estimate of drug-likeness (QED) is 0.637. The number of rotatable bonds is 4. The Balaban J connectivity index is 2.63. The third kappa shape index (κ3) is 2.85. The molecular weight excluding hydrogens is 280 g/mol. The average molecular weight is 295 g/mol. The lowest BCUT2D eigenvalue weighted by Crippen LogP contribution is -2.21. The first-order valence-corrected chi connectivity index (χ1v) is 7.52. The number of thioether (sulfide) groups is 1. The van der Waals surface area contributed by atoms with Crippen molar-refractivity contribution in [3.63, 3.8) is 0 Å². The topological polar surface area (TPSA) is 34.9 Å². The van der Waals surface area contributed by atoms with Gasteiger partial charge in [-0.15, -0.1) is 11.8 Å². The number of hydrogen-bond donors (Lipinski definition) is 0. The van der Waals surface area contributed by atoms with E-state index in [1.165, 1.54) is 0 Å². The van der Waals surface area contributed by atoms with Gasteiger partial charge >= 0.3 is 0 Å². The van der Waals surface area contributed by atoms with Crippen LogP contribution in [0.3, 0.4) is 0 Å². The van der Waals surface area contributed by atoms with Crippen LogP contribution in [-0.4, -0.2) is 15.3 Å².